The van der Waals surface area contributed by atoms with Crippen LogP contribution in [0.1, 0.15) is 40.5 Å². The van der Waals surface area contributed by atoms with Gasteiger partial charge in [-0.25, -0.2) is 0 Å². The van der Waals surface area contributed by atoms with E-state index in [0.29, 0.717) is 12.8 Å². The van der Waals surface area contributed by atoms with Gasteiger partial charge in [-0.1, -0.05) is 0 Å². The molecule has 0 saturated heterocycles. The number of ether oxygens (including phenoxy) is 2. The van der Waals surface area contributed by atoms with Crippen LogP contribution in [0.25, 0.3) is 0 Å². The molecule has 1 unspecified atom stereocenters. The lowest BCUT2D eigenvalue weighted by Crippen LogP contribution is -2.42. The summed E-state index contributed by atoms with van der Waals surface area (Å²) in [6, 6.07) is 0. The highest BCUT2D eigenvalue weighted by molar-refractivity contribution is 5.97. The molecule has 0 aliphatic heterocycles. The van der Waals surface area contributed by atoms with Crippen LogP contribution in [-0.4, -0.2) is 34.9 Å². The molecule has 1 N–H and O–H groups in total. The lowest BCUT2D eigenvalue weighted by atomic mass is 10.00. The molecule has 1 aliphatic rings. The summed E-state index contributed by atoms with van der Waals surface area (Å²) in [5.74, 6) is -2.64. The van der Waals surface area contributed by atoms with Crippen LogP contribution in [-0.2, 0) is 19.1 Å². The Morgan fingerprint density at radius 3 is 2.18 bits per heavy atom. The molecule has 5 heteroatoms. The van der Waals surface area contributed by atoms with Gasteiger partial charge in [-0.15, -0.1) is 0 Å². The van der Waals surface area contributed by atoms with Crippen molar-refractivity contribution in [2.24, 2.45) is 5.92 Å². The fourth-order valence-corrected chi connectivity index (χ4v) is 1.54. The lowest BCUT2D eigenvalue weighted by Gasteiger charge is -2.25. The van der Waals surface area contributed by atoms with Crippen LogP contribution in [0.5, 0.6) is 0 Å². The quantitative estimate of drug-likeness (QED) is 0.590. The highest BCUT2D eigenvalue weighted by Gasteiger charge is 2.57. The van der Waals surface area contributed by atoms with E-state index in [9.17, 15) is 14.7 Å². The van der Waals surface area contributed by atoms with Crippen LogP contribution < -0.4 is 0 Å². The van der Waals surface area contributed by atoms with Gasteiger partial charge >= 0.3 is 11.9 Å². The number of carbonyl (C=O) groups is 2. The van der Waals surface area contributed by atoms with Crippen molar-refractivity contribution < 1.29 is 24.2 Å². The van der Waals surface area contributed by atoms with E-state index in [1.165, 1.54) is 0 Å². The van der Waals surface area contributed by atoms with Crippen LogP contribution in [0.2, 0.25) is 0 Å². The molecule has 1 aliphatic carbocycles. The van der Waals surface area contributed by atoms with Gasteiger partial charge in [0.25, 0.3) is 0 Å². The highest BCUT2D eigenvalue weighted by atomic mass is 16.6. The Bertz CT molecular complexity index is 311. The molecule has 98 valence electrons. The first kappa shape index (κ1) is 14.0. The van der Waals surface area contributed by atoms with Crippen LogP contribution in [0.3, 0.4) is 0 Å². The Kier molecular flexibility index (Phi) is 3.81. The number of rotatable bonds is 4. The van der Waals surface area contributed by atoms with Gasteiger partial charge in [-0.3, -0.25) is 9.59 Å². The maximum atomic E-state index is 11.9. The molecular weight excluding hydrogens is 224 g/mol. The summed E-state index contributed by atoms with van der Waals surface area (Å²) < 4.78 is 9.94. The second-order valence-corrected chi connectivity index (χ2v) is 5.32. The molecule has 1 rings (SSSR count). The van der Waals surface area contributed by atoms with Gasteiger partial charge in [0.1, 0.15) is 5.60 Å². The highest BCUT2D eigenvalue weighted by Crippen LogP contribution is 2.43. The molecule has 0 radical (unpaired) electrons. The molecule has 1 atom stereocenters. The van der Waals surface area contributed by atoms with E-state index in [1.54, 1.807) is 27.7 Å². The predicted molar refractivity (Wildman–Crippen MR) is 60.2 cm³/mol. The summed E-state index contributed by atoms with van der Waals surface area (Å²) in [4.78, 5) is 23.6. The molecule has 0 spiro atoms. The Morgan fingerprint density at radius 2 is 1.82 bits per heavy atom. The van der Waals surface area contributed by atoms with Crippen LogP contribution in [0.4, 0.5) is 0 Å². The van der Waals surface area contributed by atoms with Crippen molar-refractivity contribution in [3.8, 4) is 0 Å². The van der Waals surface area contributed by atoms with Crippen molar-refractivity contribution in [3.63, 3.8) is 0 Å². The summed E-state index contributed by atoms with van der Waals surface area (Å²) >= 11 is 0. The largest absolute Gasteiger partial charge is 0.465 e. The zero-order valence-electron chi connectivity index (χ0n) is 10.8. The topological polar surface area (TPSA) is 72.8 Å². The van der Waals surface area contributed by atoms with Gasteiger partial charge in [0.15, 0.2) is 5.92 Å². The van der Waals surface area contributed by atoms with Gasteiger partial charge < -0.3 is 14.6 Å². The first-order chi connectivity index (χ1) is 7.69. The molecule has 0 aromatic heterocycles. The molecule has 0 heterocycles. The molecule has 1 fully saturated rings. The maximum Gasteiger partial charge on any atom is 0.323 e. The molecule has 5 nitrogen and oxygen atoms in total. The van der Waals surface area contributed by atoms with E-state index in [4.69, 9.17) is 9.47 Å². The van der Waals surface area contributed by atoms with Crippen molar-refractivity contribution in [3.05, 3.63) is 0 Å². The SMILES string of the molecule is CCOC(=O)C(C(=O)OC(C)(C)C)C1(O)CC1. The molecule has 0 amide bonds. The third-order valence-corrected chi connectivity index (χ3v) is 2.46. The maximum absolute atomic E-state index is 11.9. The number of carbonyl (C=O) groups excluding carboxylic acids is 2. The lowest BCUT2D eigenvalue weighted by molar-refractivity contribution is -0.175. The van der Waals surface area contributed by atoms with Gasteiger partial charge in [0, 0.05) is 0 Å². The summed E-state index contributed by atoms with van der Waals surface area (Å²) in [5.41, 5.74) is -1.96. The monoisotopic (exact) mass is 244 g/mol. The van der Waals surface area contributed by atoms with Gasteiger partial charge in [0.2, 0.25) is 0 Å². The molecular formula is C12H20O5. The standard InChI is InChI=1S/C12H20O5/c1-5-16-9(13)8(12(15)6-7-12)10(14)17-11(2,3)4/h8,15H,5-7H2,1-4H3. The van der Waals surface area contributed by atoms with Crippen LogP contribution >= 0.6 is 0 Å². The number of hydrogen-bond donors (Lipinski definition) is 1. The zero-order chi connectivity index (χ0) is 13.3. The van der Waals surface area contributed by atoms with Crippen molar-refractivity contribution in [1.82, 2.24) is 0 Å². The fourth-order valence-electron chi connectivity index (χ4n) is 1.54. The molecule has 17 heavy (non-hydrogen) atoms. The van der Waals surface area contributed by atoms with Crippen LogP contribution in [0, 0.1) is 5.92 Å². The Morgan fingerprint density at radius 1 is 1.29 bits per heavy atom. The Hall–Kier alpha value is -1.10. The number of aliphatic hydroxyl groups is 1. The molecule has 0 aromatic carbocycles. The average molecular weight is 244 g/mol. The smallest absolute Gasteiger partial charge is 0.323 e. The molecule has 1 saturated carbocycles. The van der Waals surface area contributed by atoms with Gasteiger partial charge in [-0.05, 0) is 40.5 Å². The molecule has 0 aromatic rings. The van der Waals surface area contributed by atoms with Crippen molar-refractivity contribution in [2.75, 3.05) is 6.61 Å². The van der Waals surface area contributed by atoms with Crippen molar-refractivity contribution in [2.45, 2.75) is 51.7 Å². The van der Waals surface area contributed by atoms with E-state index in [0.717, 1.165) is 0 Å². The second kappa shape index (κ2) is 4.64. The van der Waals surface area contributed by atoms with E-state index in [1.807, 2.05) is 0 Å². The second-order valence-electron chi connectivity index (χ2n) is 5.32. The Balaban J connectivity index is 2.77. The first-order valence-corrected chi connectivity index (χ1v) is 5.81. The third-order valence-electron chi connectivity index (χ3n) is 2.46. The van der Waals surface area contributed by atoms with Crippen molar-refractivity contribution >= 4 is 11.9 Å². The Labute approximate surface area is 101 Å². The fraction of sp³-hybridized carbons (Fsp3) is 0.833. The first-order valence-electron chi connectivity index (χ1n) is 5.81. The summed E-state index contributed by atoms with van der Waals surface area (Å²) in [5, 5.41) is 9.95. The summed E-state index contributed by atoms with van der Waals surface area (Å²) in [6.07, 6.45) is 0.853. The summed E-state index contributed by atoms with van der Waals surface area (Å²) in [6.45, 7) is 6.97. The minimum absolute atomic E-state index is 0.175. The average Bonchev–Trinajstić information content (AvgIpc) is 2.80. The molecule has 0 bridgehead atoms. The number of hydrogen-bond acceptors (Lipinski definition) is 5. The zero-order valence-corrected chi connectivity index (χ0v) is 10.8. The number of esters is 2. The van der Waals surface area contributed by atoms with Gasteiger partial charge in [-0.2, -0.15) is 0 Å². The predicted octanol–water partition coefficient (Wildman–Crippen LogP) is 1.03. The van der Waals surface area contributed by atoms with E-state index < -0.39 is 29.1 Å². The van der Waals surface area contributed by atoms with E-state index >= 15 is 0 Å². The van der Waals surface area contributed by atoms with E-state index in [-0.39, 0.29) is 6.61 Å². The normalized spacial score (nSPS) is 19.4. The third kappa shape index (κ3) is 3.70. The van der Waals surface area contributed by atoms with Gasteiger partial charge in [0.05, 0.1) is 12.2 Å². The minimum atomic E-state index is -1.27. The van der Waals surface area contributed by atoms with Crippen molar-refractivity contribution in [1.29, 1.82) is 0 Å². The summed E-state index contributed by atoms with van der Waals surface area (Å²) in [7, 11) is 0. The van der Waals surface area contributed by atoms with E-state index in [2.05, 4.69) is 0 Å². The van der Waals surface area contributed by atoms with Crippen LogP contribution in [0.15, 0.2) is 0 Å². The minimum Gasteiger partial charge on any atom is -0.465 e.